The molecular weight excluding hydrogens is 574 g/mol. The van der Waals surface area contributed by atoms with Crippen LogP contribution < -0.4 is 14.5 Å². The van der Waals surface area contributed by atoms with Crippen LogP contribution >= 0.6 is 46.4 Å². The van der Waals surface area contributed by atoms with Crippen LogP contribution in [0, 0.1) is 19.8 Å². The van der Waals surface area contributed by atoms with Crippen LogP contribution in [0.15, 0.2) is 42.5 Å². The predicted octanol–water partition coefficient (Wildman–Crippen LogP) is 6.68. The van der Waals surface area contributed by atoms with E-state index in [1.165, 1.54) is 24.3 Å². The van der Waals surface area contributed by atoms with E-state index in [9.17, 15) is 19.2 Å². The second-order valence-electron chi connectivity index (χ2n) is 9.06. The molecule has 5 rings (SSSR count). The van der Waals surface area contributed by atoms with Crippen molar-refractivity contribution < 1.29 is 23.9 Å². The lowest BCUT2D eigenvalue weighted by molar-refractivity contribution is -0.139. The first-order valence-electron chi connectivity index (χ1n) is 11.4. The minimum absolute atomic E-state index is 0.0337. The average Bonchev–Trinajstić information content (AvgIpc) is 3.40. The van der Waals surface area contributed by atoms with Gasteiger partial charge in [0.2, 0.25) is 5.91 Å². The lowest BCUT2D eigenvalue weighted by Gasteiger charge is -2.19. The summed E-state index contributed by atoms with van der Waals surface area (Å²) in [6.45, 7) is 4.06. The summed E-state index contributed by atoms with van der Waals surface area (Å²) in [5, 5.41) is -0.570. The highest BCUT2D eigenvalue weighted by molar-refractivity contribution is 6.56. The van der Waals surface area contributed by atoms with Crippen molar-refractivity contribution in [2.24, 2.45) is 5.92 Å². The first-order chi connectivity index (χ1) is 18.0. The molecule has 0 aromatic heterocycles. The van der Waals surface area contributed by atoms with Gasteiger partial charge in [-0.2, -0.15) is 0 Å². The lowest BCUT2D eigenvalue weighted by atomic mass is 10.1. The number of hydrogen-bond donors (Lipinski definition) is 0. The van der Waals surface area contributed by atoms with Crippen LogP contribution in [0.1, 0.15) is 38.3 Å². The van der Waals surface area contributed by atoms with E-state index in [-0.39, 0.29) is 61.5 Å². The van der Waals surface area contributed by atoms with Crippen LogP contribution in [0.4, 0.5) is 11.4 Å². The van der Waals surface area contributed by atoms with Gasteiger partial charge in [-0.25, -0.2) is 4.90 Å². The van der Waals surface area contributed by atoms with Gasteiger partial charge in [-0.15, -0.1) is 0 Å². The van der Waals surface area contributed by atoms with Crippen LogP contribution in [0.25, 0.3) is 0 Å². The molecule has 2 aliphatic rings. The molecule has 3 amide bonds. The van der Waals surface area contributed by atoms with Crippen LogP contribution in [-0.4, -0.2) is 30.2 Å². The average molecular weight is 592 g/mol. The van der Waals surface area contributed by atoms with E-state index in [0.29, 0.717) is 0 Å². The number of hydrogen-bond acceptors (Lipinski definition) is 5. The SMILES string of the molecule is Cc1ccc(C)c(N2C[C@H](C(=O)Oc3ccc(N4C(=O)c5c(Cl)c(Cl)c(Cl)c(Cl)c5C4=O)cc3)CC2=O)c1. The molecule has 1 atom stereocenters. The number of fused-ring (bicyclic) bond motifs is 1. The monoisotopic (exact) mass is 590 g/mol. The van der Waals surface area contributed by atoms with Gasteiger partial charge in [0.1, 0.15) is 5.75 Å². The Labute approximate surface area is 237 Å². The number of imide groups is 1. The molecule has 2 aliphatic heterocycles. The number of rotatable bonds is 4. The molecule has 0 spiro atoms. The Morgan fingerprint density at radius 3 is 2.00 bits per heavy atom. The van der Waals surface area contributed by atoms with Gasteiger partial charge in [0.15, 0.2) is 0 Å². The number of carbonyl (C=O) groups is 4. The zero-order chi connectivity index (χ0) is 27.5. The Balaban J connectivity index is 1.32. The maximum absolute atomic E-state index is 13.0. The van der Waals surface area contributed by atoms with Crippen LogP contribution in [-0.2, 0) is 9.59 Å². The molecule has 0 radical (unpaired) electrons. The number of halogens is 4. The van der Waals surface area contributed by atoms with Crippen molar-refractivity contribution >= 4 is 81.5 Å². The molecule has 194 valence electrons. The number of nitrogens with zero attached hydrogens (tertiary/aromatic N) is 2. The second kappa shape index (κ2) is 9.89. The zero-order valence-corrected chi connectivity index (χ0v) is 23.0. The molecule has 1 fully saturated rings. The summed E-state index contributed by atoms with van der Waals surface area (Å²) in [4.78, 5) is 54.1. The number of benzene rings is 3. The first-order valence-corrected chi connectivity index (χ1v) is 12.9. The van der Waals surface area contributed by atoms with E-state index in [1.54, 1.807) is 4.90 Å². The predicted molar refractivity (Wildman–Crippen MR) is 146 cm³/mol. The maximum Gasteiger partial charge on any atom is 0.316 e. The normalized spacial score (nSPS) is 16.9. The van der Waals surface area contributed by atoms with E-state index >= 15 is 0 Å². The van der Waals surface area contributed by atoms with Crippen LogP contribution in [0.2, 0.25) is 20.1 Å². The standard InChI is InChI=1S/C27H18Cl4N2O5/c1-12-3-4-13(2)17(9-12)32-11-14(10-18(32)34)27(37)38-16-7-5-15(6-8-16)33-25(35)19-20(26(33)36)22(29)24(31)23(30)21(19)28/h3-9,14H,10-11H2,1-2H3/t14-/m1/s1. The number of aryl methyl sites for hydroxylation is 2. The Hall–Kier alpha value is -3.10. The zero-order valence-electron chi connectivity index (χ0n) is 20.0. The molecule has 0 N–H and O–H groups in total. The third-order valence-corrected chi connectivity index (χ3v) is 8.33. The van der Waals surface area contributed by atoms with Gasteiger partial charge >= 0.3 is 5.97 Å². The van der Waals surface area contributed by atoms with Gasteiger partial charge in [-0.1, -0.05) is 58.5 Å². The summed E-state index contributed by atoms with van der Waals surface area (Å²) in [6.07, 6.45) is 0.0337. The van der Waals surface area contributed by atoms with E-state index < -0.39 is 23.7 Å². The Bertz CT molecular complexity index is 1510. The molecule has 2 heterocycles. The summed E-state index contributed by atoms with van der Waals surface area (Å²) in [5.74, 6) is -2.58. The first kappa shape index (κ1) is 26.5. The molecular formula is C27H18Cl4N2O5. The summed E-state index contributed by atoms with van der Waals surface area (Å²) in [6, 6.07) is 11.6. The molecule has 0 aliphatic carbocycles. The molecule has 3 aromatic rings. The molecule has 1 saturated heterocycles. The number of esters is 1. The molecule has 7 nitrogen and oxygen atoms in total. The topological polar surface area (TPSA) is 84.0 Å². The van der Waals surface area contributed by atoms with E-state index in [4.69, 9.17) is 51.1 Å². The van der Waals surface area contributed by atoms with Gasteiger partial charge in [-0.3, -0.25) is 19.2 Å². The maximum atomic E-state index is 13.0. The summed E-state index contributed by atoms with van der Waals surface area (Å²) >= 11 is 24.5. The minimum atomic E-state index is -0.712. The smallest absolute Gasteiger partial charge is 0.316 e. The van der Waals surface area contributed by atoms with Gasteiger partial charge in [0.25, 0.3) is 11.8 Å². The summed E-state index contributed by atoms with van der Waals surface area (Å²) < 4.78 is 5.50. The van der Waals surface area contributed by atoms with Crippen LogP contribution in [0.3, 0.4) is 0 Å². The second-order valence-corrected chi connectivity index (χ2v) is 10.6. The summed E-state index contributed by atoms with van der Waals surface area (Å²) in [7, 11) is 0. The van der Waals surface area contributed by atoms with Crippen molar-refractivity contribution in [3.63, 3.8) is 0 Å². The van der Waals surface area contributed by atoms with Crippen molar-refractivity contribution in [3.8, 4) is 5.75 Å². The third-order valence-electron chi connectivity index (χ3n) is 6.53. The summed E-state index contributed by atoms with van der Waals surface area (Å²) in [5.41, 5.74) is 2.66. The molecule has 38 heavy (non-hydrogen) atoms. The molecule has 3 aromatic carbocycles. The fourth-order valence-corrected chi connectivity index (χ4v) is 5.57. The van der Waals surface area contributed by atoms with Crippen molar-refractivity contribution in [3.05, 3.63) is 84.8 Å². The highest BCUT2D eigenvalue weighted by Gasteiger charge is 2.42. The van der Waals surface area contributed by atoms with Crippen LogP contribution in [0.5, 0.6) is 5.75 Å². The Morgan fingerprint density at radius 1 is 0.842 bits per heavy atom. The highest BCUT2D eigenvalue weighted by Crippen LogP contribution is 2.45. The Kier molecular flexibility index (Phi) is 6.90. The number of amides is 3. The quantitative estimate of drug-likeness (QED) is 0.111. The van der Waals surface area contributed by atoms with Crippen molar-refractivity contribution in [2.75, 3.05) is 16.3 Å². The van der Waals surface area contributed by atoms with Crippen molar-refractivity contribution in [2.45, 2.75) is 20.3 Å². The van der Waals surface area contributed by atoms with Crippen molar-refractivity contribution in [1.82, 2.24) is 0 Å². The fourth-order valence-electron chi connectivity index (χ4n) is 4.55. The van der Waals surface area contributed by atoms with E-state index in [0.717, 1.165) is 21.7 Å². The van der Waals surface area contributed by atoms with Gasteiger partial charge in [-0.05, 0) is 55.3 Å². The fraction of sp³-hybridized carbons (Fsp3) is 0.185. The number of anilines is 2. The molecule has 0 unspecified atom stereocenters. The number of carbonyl (C=O) groups excluding carboxylic acids is 4. The molecule has 11 heteroatoms. The number of ether oxygens (including phenoxy) is 1. The Morgan fingerprint density at radius 2 is 1.42 bits per heavy atom. The molecule has 0 bridgehead atoms. The highest BCUT2D eigenvalue weighted by atomic mass is 35.5. The van der Waals surface area contributed by atoms with Gasteiger partial charge in [0, 0.05) is 18.7 Å². The van der Waals surface area contributed by atoms with Gasteiger partial charge < -0.3 is 9.64 Å². The minimum Gasteiger partial charge on any atom is -0.426 e. The van der Waals surface area contributed by atoms with Gasteiger partial charge in [0.05, 0.1) is 42.8 Å². The van der Waals surface area contributed by atoms with E-state index in [1.807, 2.05) is 32.0 Å². The van der Waals surface area contributed by atoms with E-state index in [2.05, 4.69) is 0 Å². The largest absolute Gasteiger partial charge is 0.426 e. The third kappa shape index (κ3) is 4.33. The lowest BCUT2D eigenvalue weighted by Crippen LogP contribution is -2.29. The molecule has 0 saturated carbocycles. The van der Waals surface area contributed by atoms with Crippen molar-refractivity contribution in [1.29, 1.82) is 0 Å².